The average molecular weight is 216 g/mol. The summed E-state index contributed by atoms with van der Waals surface area (Å²) in [4.78, 5) is 0. The van der Waals surface area contributed by atoms with Crippen LogP contribution in [0.5, 0.6) is 5.75 Å². The summed E-state index contributed by atoms with van der Waals surface area (Å²) >= 11 is 3.28. The van der Waals surface area contributed by atoms with Crippen molar-refractivity contribution < 1.29 is 5.11 Å². The topological polar surface area (TPSA) is 46.2 Å². The van der Waals surface area contributed by atoms with Gasteiger partial charge in [0.05, 0.1) is 0 Å². The van der Waals surface area contributed by atoms with Crippen LogP contribution in [-0.4, -0.2) is 5.11 Å². The Labute approximate surface area is 74.2 Å². The maximum absolute atomic E-state index is 9.36. The SMILES string of the molecule is Cc1cc(Br)cc(O)c1CN. The van der Waals surface area contributed by atoms with Crippen LogP contribution in [0, 0.1) is 6.92 Å². The van der Waals surface area contributed by atoms with E-state index in [9.17, 15) is 5.11 Å². The molecule has 1 aromatic rings. The second-order valence-corrected chi connectivity index (χ2v) is 3.34. The quantitative estimate of drug-likeness (QED) is 0.753. The Bertz CT molecular complexity index is 250. The maximum Gasteiger partial charge on any atom is 0.121 e. The number of aromatic hydroxyl groups is 1. The van der Waals surface area contributed by atoms with E-state index in [0.29, 0.717) is 6.54 Å². The summed E-state index contributed by atoms with van der Waals surface area (Å²) in [6, 6.07) is 3.58. The molecular formula is C8H10BrNO. The molecule has 0 aliphatic heterocycles. The van der Waals surface area contributed by atoms with E-state index >= 15 is 0 Å². The molecule has 0 amide bonds. The normalized spacial score (nSPS) is 10.1. The van der Waals surface area contributed by atoms with Gasteiger partial charge in [-0.3, -0.25) is 0 Å². The Balaban J connectivity index is 3.25. The zero-order valence-corrected chi connectivity index (χ0v) is 7.85. The maximum atomic E-state index is 9.36. The smallest absolute Gasteiger partial charge is 0.121 e. The monoisotopic (exact) mass is 215 g/mol. The fraction of sp³-hybridized carbons (Fsp3) is 0.250. The van der Waals surface area contributed by atoms with Gasteiger partial charge < -0.3 is 10.8 Å². The lowest BCUT2D eigenvalue weighted by atomic mass is 10.1. The van der Waals surface area contributed by atoms with Crippen LogP contribution in [0.25, 0.3) is 0 Å². The van der Waals surface area contributed by atoms with Crippen LogP contribution < -0.4 is 5.73 Å². The number of hydrogen-bond donors (Lipinski definition) is 2. The third kappa shape index (κ3) is 1.73. The van der Waals surface area contributed by atoms with Crippen molar-refractivity contribution in [2.45, 2.75) is 13.5 Å². The fourth-order valence-electron chi connectivity index (χ4n) is 1.02. The number of aryl methyl sites for hydroxylation is 1. The molecule has 0 aromatic heterocycles. The molecule has 11 heavy (non-hydrogen) atoms. The van der Waals surface area contributed by atoms with Gasteiger partial charge in [0.25, 0.3) is 0 Å². The Kier molecular flexibility index (Phi) is 2.52. The van der Waals surface area contributed by atoms with E-state index in [4.69, 9.17) is 5.73 Å². The van der Waals surface area contributed by atoms with E-state index in [2.05, 4.69) is 15.9 Å². The van der Waals surface area contributed by atoms with Gasteiger partial charge in [-0.25, -0.2) is 0 Å². The van der Waals surface area contributed by atoms with Crippen molar-refractivity contribution in [3.8, 4) is 5.75 Å². The summed E-state index contributed by atoms with van der Waals surface area (Å²) in [7, 11) is 0. The van der Waals surface area contributed by atoms with Gasteiger partial charge >= 0.3 is 0 Å². The lowest BCUT2D eigenvalue weighted by Crippen LogP contribution is -1.99. The molecule has 1 rings (SSSR count). The minimum atomic E-state index is 0.263. The predicted octanol–water partition coefficient (Wildman–Crippen LogP) is 1.92. The number of nitrogens with two attached hydrogens (primary N) is 1. The molecule has 0 fully saturated rings. The second kappa shape index (κ2) is 3.24. The zero-order valence-electron chi connectivity index (χ0n) is 6.26. The Hall–Kier alpha value is -0.540. The van der Waals surface area contributed by atoms with Crippen molar-refractivity contribution in [3.63, 3.8) is 0 Å². The number of phenols is 1. The predicted molar refractivity (Wildman–Crippen MR) is 48.4 cm³/mol. The van der Waals surface area contributed by atoms with Gasteiger partial charge in [-0.1, -0.05) is 15.9 Å². The van der Waals surface area contributed by atoms with Gasteiger partial charge in [-0.2, -0.15) is 0 Å². The van der Waals surface area contributed by atoms with Crippen molar-refractivity contribution >= 4 is 15.9 Å². The molecule has 0 unspecified atom stereocenters. The number of phenolic OH excluding ortho intramolecular Hbond substituents is 1. The molecule has 0 saturated carbocycles. The van der Waals surface area contributed by atoms with Crippen LogP contribution in [0.1, 0.15) is 11.1 Å². The summed E-state index contributed by atoms with van der Waals surface area (Å²) in [6.07, 6.45) is 0. The highest BCUT2D eigenvalue weighted by Gasteiger charge is 2.03. The highest BCUT2D eigenvalue weighted by atomic mass is 79.9. The van der Waals surface area contributed by atoms with Crippen molar-refractivity contribution in [2.75, 3.05) is 0 Å². The molecule has 2 nitrogen and oxygen atoms in total. The van der Waals surface area contributed by atoms with Crippen molar-refractivity contribution in [3.05, 3.63) is 27.7 Å². The first-order valence-electron chi connectivity index (χ1n) is 3.33. The lowest BCUT2D eigenvalue weighted by molar-refractivity contribution is 0.467. The number of hydrogen-bond acceptors (Lipinski definition) is 2. The van der Waals surface area contributed by atoms with E-state index < -0.39 is 0 Å². The van der Waals surface area contributed by atoms with Crippen LogP contribution in [0.4, 0.5) is 0 Å². The molecule has 0 saturated heterocycles. The van der Waals surface area contributed by atoms with Crippen LogP contribution in [0.3, 0.4) is 0 Å². The summed E-state index contributed by atoms with van der Waals surface area (Å²) in [5, 5.41) is 9.36. The van der Waals surface area contributed by atoms with Crippen molar-refractivity contribution in [1.82, 2.24) is 0 Å². The minimum Gasteiger partial charge on any atom is -0.508 e. The third-order valence-electron chi connectivity index (χ3n) is 1.62. The Morgan fingerprint density at radius 2 is 2.18 bits per heavy atom. The largest absolute Gasteiger partial charge is 0.508 e. The highest BCUT2D eigenvalue weighted by Crippen LogP contribution is 2.25. The number of rotatable bonds is 1. The van der Waals surface area contributed by atoms with E-state index in [0.717, 1.165) is 15.6 Å². The lowest BCUT2D eigenvalue weighted by Gasteiger charge is -2.05. The third-order valence-corrected chi connectivity index (χ3v) is 2.08. The van der Waals surface area contributed by atoms with Crippen molar-refractivity contribution in [1.29, 1.82) is 0 Å². The molecule has 3 heteroatoms. The van der Waals surface area contributed by atoms with E-state index in [1.165, 1.54) is 0 Å². The van der Waals surface area contributed by atoms with E-state index in [1.54, 1.807) is 6.07 Å². The Morgan fingerprint density at radius 1 is 1.55 bits per heavy atom. The number of halogens is 1. The van der Waals surface area contributed by atoms with Crippen LogP contribution in [-0.2, 0) is 6.54 Å². The molecular weight excluding hydrogens is 206 g/mol. The van der Waals surface area contributed by atoms with Crippen LogP contribution in [0.15, 0.2) is 16.6 Å². The summed E-state index contributed by atoms with van der Waals surface area (Å²) < 4.78 is 0.879. The molecule has 0 aliphatic carbocycles. The van der Waals surface area contributed by atoms with E-state index in [-0.39, 0.29) is 5.75 Å². The Morgan fingerprint density at radius 3 is 2.64 bits per heavy atom. The summed E-state index contributed by atoms with van der Waals surface area (Å²) in [6.45, 7) is 2.30. The van der Waals surface area contributed by atoms with Gasteiger partial charge in [-0.05, 0) is 24.6 Å². The average Bonchev–Trinajstić information content (AvgIpc) is 1.85. The molecule has 1 aromatic carbocycles. The second-order valence-electron chi connectivity index (χ2n) is 2.42. The van der Waals surface area contributed by atoms with E-state index in [1.807, 2.05) is 13.0 Å². The molecule has 3 N–H and O–H groups in total. The summed E-state index contributed by atoms with van der Waals surface area (Å²) in [5.74, 6) is 0.263. The van der Waals surface area contributed by atoms with Crippen molar-refractivity contribution in [2.24, 2.45) is 5.73 Å². The first-order chi connectivity index (χ1) is 5.15. The van der Waals surface area contributed by atoms with Crippen LogP contribution in [0.2, 0.25) is 0 Å². The minimum absolute atomic E-state index is 0.263. The first kappa shape index (κ1) is 8.56. The summed E-state index contributed by atoms with van der Waals surface area (Å²) in [5.41, 5.74) is 7.25. The molecule has 0 heterocycles. The van der Waals surface area contributed by atoms with Crippen LogP contribution >= 0.6 is 15.9 Å². The van der Waals surface area contributed by atoms with Gasteiger partial charge in [0.2, 0.25) is 0 Å². The standard InChI is InChI=1S/C8H10BrNO/c1-5-2-6(9)3-8(11)7(5)4-10/h2-3,11H,4,10H2,1H3. The van der Waals surface area contributed by atoms with Gasteiger partial charge in [0.1, 0.15) is 5.75 Å². The zero-order chi connectivity index (χ0) is 8.43. The van der Waals surface area contributed by atoms with Gasteiger partial charge in [-0.15, -0.1) is 0 Å². The molecule has 0 aliphatic rings. The molecule has 0 bridgehead atoms. The molecule has 0 atom stereocenters. The molecule has 0 spiro atoms. The molecule has 0 radical (unpaired) electrons. The number of benzene rings is 1. The first-order valence-corrected chi connectivity index (χ1v) is 4.12. The van der Waals surface area contributed by atoms with Gasteiger partial charge in [0, 0.05) is 16.6 Å². The molecule has 60 valence electrons. The van der Waals surface area contributed by atoms with Gasteiger partial charge in [0.15, 0.2) is 0 Å². The fourth-order valence-corrected chi connectivity index (χ4v) is 1.58. The highest BCUT2D eigenvalue weighted by molar-refractivity contribution is 9.10.